The molecular weight excluding hydrogens is 372 g/mol. The molecule has 0 atom stereocenters. The molecule has 2 rings (SSSR count). The van der Waals surface area contributed by atoms with Crippen LogP contribution in [0.5, 0.6) is 11.5 Å². The van der Waals surface area contributed by atoms with Crippen molar-refractivity contribution < 1.29 is 24.5 Å². The van der Waals surface area contributed by atoms with E-state index in [1.807, 2.05) is 0 Å². The number of phenolic OH excluding ortho intramolecular Hbond substituents is 1. The van der Waals surface area contributed by atoms with Crippen molar-refractivity contribution in [2.24, 2.45) is 5.10 Å². The van der Waals surface area contributed by atoms with E-state index in [0.717, 1.165) is 12.3 Å². The summed E-state index contributed by atoms with van der Waals surface area (Å²) < 4.78 is 5.15. The van der Waals surface area contributed by atoms with Crippen LogP contribution in [0.4, 0.5) is 11.4 Å². The average Bonchev–Trinajstić information content (AvgIpc) is 2.63. The van der Waals surface area contributed by atoms with Crippen molar-refractivity contribution in [3.63, 3.8) is 0 Å². The minimum atomic E-state index is -0.715. The largest absolute Gasteiger partial charge is 0.507 e. The zero-order valence-corrected chi connectivity index (χ0v) is 14.9. The fourth-order valence-corrected chi connectivity index (χ4v) is 2.23. The van der Waals surface area contributed by atoms with Gasteiger partial charge in [-0.3, -0.25) is 25.0 Å². The molecular formula is C17H16N4O7. The molecule has 0 aromatic heterocycles. The Bertz CT molecular complexity index is 972. The lowest BCUT2D eigenvalue weighted by molar-refractivity contribution is -0.385. The Morgan fingerprint density at radius 2 is 1.93 bits per heavy atom. The first-order valence-electron chi connectivity index (χ1n) is 7.86. The topological polar surface area (TPSA) is 157 Å². The van der Waals surface area contributed by atoms with Gasteiger partial charge in [-0.1, -0.05) is 6.07 Å². The monoisotopic (exact) mass is 388 g/mol. The minimum Gasteiger partial charge on any atom is -0.507 e. The molecule has 2 aromatic rings. The molecule has 0 aliphatic rings. The smallest absolute Gasteiger partial charge is 0.311 e. The molecule has 0 aliphatic carbocycles. The first kappa shape index (κ1) is 20.3. The van der Waals surface area contributed by atoms with Crippen LogP contribution in [-0.4, -0.2) is 33.7 Å². The highest BCUT2D eigenvalue weighted by molar-refractivity contribution is 5.87. The van der Waals surface area contributed by atoms with Crippen LogP contribution in [0.25, 0.3) is 0 Å². The number of non-ortho nitro benzene ring substituents is 1. The molecule has 11 nitrogen and oxygen atoms in total. The van der Waals surface area contributed by atoms with Crippen LogP contribution in [-0.2, 0) is 4.79 Å². The van der Waals surface area contributed by atoms with Crippen LogP contribution < -0.4 is 10.2 Å². The molecule has 0 spiro atoms. The van der Waals surface area contributed by atoms with Crippen LogP contribution in [0.3, 0.4) is 0 Å². The summed E-state index contributed by atoms with van der Waals surface area (Å²) in [7, 11) is 0. The standard InChI is InChI=1S/C17H16N4O7/c1-10-3-4-15(14(5-10)21(26)27)28-9-16(22)19-18-8-12-7-13(20(24)25)6-11(2)17(12)23/h3-8,23H,9H2,1-2H3,(H,19,22). The molecule has 0 saturated carbocycles. The van der Waals surface area contributed by atoms with Gasteiger partial charge >= 0.3 is 5.69 Å². The molecule has 11 heteroatoms. The van der Waals surface area contributed by atoms with E-state index in [9.17, 15) is 30.1 Å². The van der Waals surface area contributed by atoms with Crippen molar-refractivity contribution in [3.8, 4) is 11.5 Å². The number of nitrogens with zero attached hydrogens (tertiary/aromatic N) is 3. The van der Waals surface area contributed by atoms with Crippen molar-refractivity contribution in [1.29, 1.82) is 0 Å². The third-order valence-electron chi connectivity index (χ3n) is 3.59. The maximum Gasteiger partial charge on any atom is 0.311 e. The number of carbonyl (C=O) groups excluding carboxylic acids is 1. The maximum atomic E-state index is 11.8. The van der Waals surface area contributed by atoms with Gasteiger partial charge in [0.1, 0.15) is 5.75 Å². The molecule has 1 amide bonds. The van der Waals surface area contributed by atoms with Crippen molar-refractivity contribution in [3.05, 3.63) is 67.3 Å². The number of hydrogen-bond donors (Lipinski definition) is 2. The van der Waals surface area contributed by atoms with E-state index in [4.69, 9.17) is 4.74 Å². The zero-order chi connectivity index (χ0) is 20.8. The fourth-order valence-electron chi connectivity index (χ4n) is 2.23. The van der Waals surface area contributed by atoms with Gasteiger partial charge in [0, 0.05) is 23.8 Å². The van der Waals surface area contributed by atoms with Crippen molar-refractivity contribution >= 4 is 23.5 Å². The van der Waals surface area contributed by atoms with Gasteiger partial charge in [-0.15, -0.1) is 0 Å². The van der Waals surface area contributed by atoms with Crippen molar-refractivity contribution in [1.82, 2.24) is 5.43 Å². The first-order valence-corrected chi connectivity index (χ1v) is 7.86. The second-order valence-corrected chi connectivity index (χ2v) is 5.77. The summed E-state index contributed by atoms with van der Waals surface area (Å²) in [6.07, 6.45) is 1.04. The van der Waals surface area contributed by atoms with Gasteiger partial charge < -0.3 is 9.84 Å². The van der Waals surface area contributed by atoms with E-state index in [1.54, 1.807) is 13.0 Å². The quantitative estimate of drug-likeness (QED) is 0.418. The lowest BCUT2D eigenvalue weighted by Crippen LogP contribution is -2.24. The molecule has 0 saturated heterocycles. The Hall–Kier alpha value is -4.02. The first-order chi connectivity index (χ1) is 13.2. The van der Waals surface area contributed by atoms with Crippen molar-refractivity contribution in [2.45, 2.75) is 13.8 Å². The van der Waals surface area contributed by atoms with E-state index in [2.05, 4.69) is 10.5 Å². The second kappa shape index (κ2) is 8.58. The van der Waals surface area contributed by atoms with Crippen LogP contribution in [0.1, 0.15) is 16.7 Å². The molecule has 0 fully saturated rings. The van der Waals surface area contributed by atoms with E-state index >= 15 is 0 Å². The van der Waals surface area contributed by atoms with Crippen LogP contribution in [0.2, 0.25) is 0 Å². The molecule has 0 bridgehead atoms. The Morgan fingerprint density at radius 1 is 1.21 bits per heavy atom. The predicted molar refractivity (Wildman–Crippen MR) is 98.6 cm³/mol. The summed E-state index contributed by atoms with van der Waals surface area (Å²) in [6.45, 7) is 2.63. The molecule has 0 aliphatic heterocycles. The number of benzene rings is 2. The number of amides is 1. The molecule has 2 aromatic carbocycles. The molecule has 0 unspecified atom stereocenters. The van der Waals surface area contributed by atoms with Gasteiger partial charge in [0.05, 0.1) is 16.1 Å². The highest BCUT2D eigenvalue weighted by Crippen LogP contribution is 2.28. The summed E-state index contributed by atoms with van der Waals surface area (Å²) in [5, 5.41) is 35.4. The Morgan fingerprint density at radius 3 is 2.57 bits per heavy atom. The van der Waals surface area contributed by atoms with Crippen LogP contribution in [0, 0.1) is 34.1 Å². The van der Waals surface area contributed by atoms with Gasteiger partial charge in [-0.25, -0.2) is 5.43 Å². The highest BCUT2D eigenvalue weighted by Gasteiger charge is 2.16. The average molecular weight is 388 g/mol. The number of hydrazone groups is 1. The normalized spacial score (nSPS) is 10.6. The second-order valence-electron chi connectivity index (χ2n) is 5.77. The number of nitrogens with one attached hydrogen (secondary N) is 1. The van der Waals surface area contributed by atoms with E-state index in [1.165, 1.54) is 25.1 Å². The lowest BCUT2D eigenvalue weighted by Gasteiger charge is -2.06. The number of carbonyl (C=O) groups is 1. The number of aromatic hydroxyl groups is 1. The van der Waals surface area contributed by atoms with E-state index in [-0.39, 0.29) is 34.0 Å². The summed E-state index contributed by atoms with van der Waals surface area (Å²) in [4.78, 5) is 32.4. The summed E-state index contributed by atoms with van der Waals surface area (Å²) in [5.41, 5.74) is 2.59. The summed E-state index contributed by atoms with van der Waals surface area (Å²) >= 11 is 0. The lowest BCUT2D eigenvalue weighted by atomic mass is 10.1. The molecule has 146 valence electrons. The number of ether oxygens (including phenoxy) is 1. The Balaban J connectivity index is 2.02. The SMILES string of the molecule is Cc1ccc(OCC(=O)NN=Cc2cc([N+](=O)[O-])cc(C)c2O)c([N+](=O)[O-])c1. The van der Waals surface area contributed by atoms with Gasteiger partial charge in [0.15, 0.2) is 12.4 Å². The molecule has 0 radical (unpaired) electrons. The van der Waals surface area contributed by atoms with Crippen molar-refractivity contribution in [2.75, 3.05) is 6.61 Å². The fraction of sp³-hybridized carbons (Fsp3) is 0.176. The van der Waals surface area contributed by atoms with Crippen LogP contribution >= 0.6 is 0 Å². The third-order valence-corrected chi connectivity index (χ3v) is 3.59. The van der Waals surface area contributed by atoms with Gasteiger partial charge in [0.2, 0.25) is 0 Å². The molecule has 2 N–H and O–H groups in total. The Labute approximate surface area is 158 Å². The maximum absolute atomic E-state index is 11.8. The summed E-state index contributed by atoms with van der Waals surface area (Å²) in [5.74, 6) is -0.996. The van der Waals surface area contributed by atoms with E-state index in [0.29, 0.717) is 5.56 Å². The van der Waals surface area contributed by atoms with E-state index < -0.39 is 22.4 Å². The Kier molecular flexibility index (Phi) is 6.22. The highest BCUT2D eigenvalue weighted by atomic mass is 16.6. The number of phenols is 1. The minimum absolute atomic E-state index is 0.0436. The number of nitro benzene ring substituents is 2. The number of aryl methyl sites for hydroxylation is 2. The molecule has 28 heavy (non-hydrogen) atoms. The van der Waals surface area contributed by atoms with Gasteiger partial charge in [0.25, 0.3) is 11.6 Å². The number of hydrogen-bond acceptors (Lipinski definition) is 8. The molecule has 0 heterocycles. The predicted octanol–water partition coefficient (Wildman–Crippen LogP) is 2.35. The number of nitro groups is 2. The third kappa shape index (κ3) is 5.00. The zero-order valence-electron chi connectivity index (χ0n) is 14.9. The van der Waals surface area contributed by atoms with Crippen LogP contribution in [0.15, 0.2) is 35.4 Å². The summed E-state index contributed by atoms with van der Waals surface area (Å²) in [6, 6.07) is 6.61. The van der Waals surface area contributed by atoms with Gasteiger partial charge in [-0.05, 0) is 31.0 Å². The van der Waals surface area contributed by atoms with Gasteiger partial charge in [-0.2, -0.15) is 5.10 Å². The number of rotatable bonds is 7.